The number of hydrogen-bond donors (Lipinski definition) is 1. The Morgan fingerprint density at radius 1 is 1.04 bits per heavy atom. The molecule has 2 aromatic rings. The lowest BCUT2D eigenvalue weighted by atomic mass is 10.1. The molecule has 0 unspecified atom stereocenters. The van der Waals surface area contributed by atoms with E-state index in [-0.39, 0.29) is 0 Å². The molecule has 0 bridgehead atoms. The summed E-state index contributed by atoms with van der Waals surface area (Å²) in [5.74, 6) is -0.173. The number of carbonyl (C=O) groups excluding carboxylic acids is 2. The SMILES string of the molecule is Cc1ccc(NC(=O)C(=O)N2CCN(c3ccccn3)CC2)c(C)c1. The van der Waals surface area contributed by atoms with Gasteiger partial charge in [-0.2, -0.15) is 0 Å². The van der Waals surface area contributed by atoms with Crippen molar-refractivity contribution in [3.8, 4) is 0 Å². The summed E-state index contributed by atoms with van der Waals surface area (Å²) < 4.78 is 0. The summed E-state index contributed by atoms with van der Waals surface area (Å²) in [5.41, 5.74) is 2.74. The van der Waals surface area contributed by atoms with Crippen molar-refractivity contribution in [1.29, 1.82) is 0 Å². The van der Waals surface area contributed by atoms with E-state index in [1.165, 1.54) is 0 Å². The first-order valence-corrected chi connectivity index (χ1v) is 8.38. The van der Waals surface area contributed by atoms with E-state index < -0.39 is 11.8 Å². The summed E-state index contributed by atoms with van der Waals surface area (Å²) in [6.07, 6.45) is 1.75. The average Bonchev–Trinajstić information content (AvgIpc) is 2.64. The molecule has 0 saturated carbocycles. The number of rotatable bonds is 2. The van der Waals surface area contributed by atoms with Gasteiger partial charge in [-0.05, 0) is 37.6 Å². The molecule has 0 aliphatic carbocycles. The first kappa shape index (κ1) is 17.0. The minimum absolute atomic E-state index is 0.486. The summed E-state index contributed by atoms with van der Waals surface area (Å²) in [4.78, 5) is 32.7. The van der Waals surface area contributed by atoms with Gasteiger partial charge in [0.05, 0.1) is 0 Å². The van der Waals surface area contributed by atoms with Crippen LogP contribution in [0.15, 0.2) is 42.6 Å². The largest absolute Gasteiger partial charge is 0.353 e. The zero-order valence-electron chi connectivity index (χ0n) is 14.5. The van der Waals surface area contributed by atoms with Crippen LogP contribution in [-0.2, 0) is 9.59 Å². The molecule has 0 radical (unpaired) electrons. The van der Waals surface area contributed by atoms with Gasteiger partial charge in [0.15, 0.2) is 0 Å². The number of amides is 2. The van der Waals surface area contributed by atoms with Gasteiger partial charge in [-0.3, -0.25) is 9.59 Å². The highest BCUT2D eigenvalue weighted by atomic mass is 16.2. The van der Waals surface area contributed by atoms with Crippen LogP contribution in [0.3, 0.4) is 0 Å². The minimum Gasteiger partial charge on any atom is -0.353 e. The molecule has 1 aliphatic heterocycles. The van der Waals surface area contributed by atoms with Crippen molar-refractivity contribution in [3.05, 3.63) is 53.7 Å². The number of hydrogen-bond acceptors (Lipinski definition) is 4. The highest BCUT2D eigenvalue weighted by Crippen LogP contribution is 2.17. The van der Waals surface area contributed by atoms with Gasteiger partial charge >= 0.3 is 11.8 Å². The number of nitrogens with zero attached hydrogens (tertiary/aromatic N) is 3. The third kappa shape index (κ3) is 3.96. The zero-order valence-corrected chi connectivity index (χ0v) is 14.5. The molecule has 6 heteroatoms. The van der Waals surface area contributed by atoms with Crippen LogP contribution in [-0.4, -0.2) is 47.9 Å². The predicted molar refractivity (Wildman–Crippen MR) is 97.6 cm³/mol. The molecule has 6 nitrogen and oxygen atoms in total. The van der Waals surface area contributed by atoms with E-state index in [1.807, 2.05) is 50.2 Å². The highest BCUT2D eigenvalue weighted by molar-refractivity contribution is 6.39. The van der Waals surface area contributed by atoms with Crippen molar-refractivity contribution >= 4 is 23.3 Å². The molecule has 2 heterocycles. The zero-order chi connectivity index (χ0) is 17.8. The van der Waals surface area contributed by atoms with Crippen LogP contribution in [0.5, 0.6) is 0 Å². The van der Waals surface area contributed by atoms with Gasteiger partial charge in [0.1, 0.15) is 5.82 Å². The fourth-order valence-electron chi connectivity index (χ4n) is 2.95. The van der Waals surface area contributed by atoms with Crippen molar-refractivity contribution in [3.63, 3.8) is 0 Å². The smallest absolute Gasteiger partial charge is 0.313 e. The average molecular weight is 338 g/mol. The van der Waals surface area contributed by atoms with Gasteiger partial charge in [0, 0.05) is 38.1 Å². The van der Waals surface area contributed by atoms with Crippen LogP contribution < -0.4 is 10.2 Å². The first-order valence-electron chi connectivity index (χ1n) is 8.38. The monoisotopic (exact) mass is 338 g/mol. The Morgan fingerprint density at radius 2 is 1.80 bits per heavy atom. The van der Waals surface area contributed by atoms with Crippen LogP contribution >= 0.6 is 0 Å². The Hall–Kier alpha value is -2.89. The number of benzene rings is 1. The second-order valence-electron chi connectivity index (χ2n) is 6.24. The summed E-state index contributed by atoms with van der Waals surface area (Å²) in [5, 5.41) is 2.72. The maximum atomic E-state index is 12.4. The van der Waals surface area contributed by atoms with Crippen LogP contribution in [0.2, 0.25) is 0 Å². The molecule has 1 aromatic carbocycles. The molecule has 1 saturated heterocycles. The van der Waals surface area contributed by atoms with Crippen molar-refractivity contribution < 1.29 is 9.59 Å². The van der Waals surface area contributed by atoms with Crippen molar-refractivity contribution in [2.45, 2.75) is 13.8 Å². The molecule has 0 spiro atoms. The number of nitrogens with one attached hydrogen (secondary N) is 1. The quantitative estimate of drug-likeness (QED) is 0.851. The van der Waals surface area contributed by atoms with Crippen LogP contribution in [0, 0.1) is 13.8 Å². The Labute approximate surface area is 147 Å². The van der Waals surface area contributed by atoms with E-state index in [0.29, 0.717) is 31.9 Å². The van der Waals surface area contributed by atoms with Gasteiger partial charge in [0.25, 0.3) is 0 Å². The van der Waals surface area contributed by atoms with Gasteiger partial charge in [-0.25, -0.2) is 4.98 Å². The van der Waals surface area contributed by atoms with E-state index >= 15 is 0 Å². The summed E-state index contributed by atoms with van der Waals surface area (Å²) >= 11 is 0. The van der Waals surface area contributed by atoms with Gasteiger partial charge in [0.2, 0.25) is 0 Å². The molecule has 1 fully saturated rings. The highest BCUT2D eigenvalue weighted by Gasteiger charge is 2.26. The number of carbonyl (C=O) groups is 2. The fraction of sp³-hybridized carbons (Fsp3) is 0.316. The number of anilines is 2. The fourth-order valence-corrected chi connectivity index (χ4v) is 2.95. The molecule has 1 aromatic heterocycles. The van der Waals surface area contributed by atoms with Crippen LogP contribution in [0.1, 0.15) is 11.1 Å². The van der Waals surface area contributed by atoms with E-state index in [9.17, 15) is 9.59 Å². The lowest BCUT2D eigenvalue weighted by molar-refractivity contribution is -0.143. The maximum absolute atomic E-state index is 12.4. The third-order valence-electron chi connectivity index (χ3n) is 4.36. The standard InChI is InChI=1S/C19H22N4O2/c1-14-6-7-16(15(2)13-14)21-18(24)19(25)23-11-9-22(10-12-23)17-5-3-4-8-20-17/h3-8,13H,9-12H2,1-2H3,(H,21,24). The summed E-state index contributed by atoms with van der Waals surface area (Å²) in [7, 11) is 0. The topological polar surface area (TPSA) is 65.5 Å². The Morgan fingerprint density at radius 3 is 2.44 bits per heavy atom. The van der Waals surface area contributed by atoms with Crippen LogP contribution in [0.4, 0.5) is 11.5 Å². The molecule has 2 amide bonds. The van der Waals surface area contributed by atoms with E-state index in [2.05, 4.69) is 15.2 Å². The first-order chi connectivity index (χ1) is 12.0. The van der Waals surface area contributed by atoms with E-state index in [1.54, 1.807) is 11.1 Å². The number of aryl methyl sites for hydroxylation is 2. The summed E-state index contributed by atoms with van der Waals surface area (Å²) in [6, 6.07) is 11.5. The molecule has 3 rings (SSSR count). The molecule has 25 heavy (non-hydrogen) atoms. The molecule has 0 atom stereocenters. The molecular weight excluding hydrogens is 316 g/mol. The van der Waals surface area contributed by atoms with Crippen molar-refractivity contribution in [1.82, 2.24) is 9.88 Å². The maximum Gasteiger partial charge on any atom is 0.313 e. The van der Waals surface area contributed by atoms with E-state index in [4.69, 9.17) is 0 Å². The number of piperazine rings is 1. The predicted octanol–water partition coefficient (Wildman–Crippen LogP) is 1.99. The number of pyridine rings is 1. The third-order valence-corrected chi connectivity index (χ3v) is 4.36. The van der Waals surface area contributed by atoms with Gasteiger partial charge in [-0.15, -0.1) is 0 Å². The lowest BCUT2D eigenvalue weighted by Crippen LogP contribution is -2.51. The molecule has 130 valence electrons. The van der Waals surface area contributed by atoms with Gasteiger partial charge < -0.3 is 15.1 Å². The van der Waals surface area contributed by atoms with Crippen molar-refractivity contribution in [2.24, 2.45) is 0 Å². The Kier molecular flexibility index (Phi) is 4.97. The van der Waals surface area contributed by atoms with Crippen molar-refractivity contribution in [2.75, 3.05) is 36.4 Å². The Balaban J connectivity index is 1.57. The lowest BCUT2D eigenvalue weighted by Gasteiger charge is -2.35. The minimum atomic E-state index is -0.585. The second-order valence-corrected chi connectivity index (χ2v) is 6.24. The normalized spacial score (nSPS) is 14.3. The second kappa shape index (κ2) is 7.34. The van der Waals surface area contributed by atoms with Crippen LogP contribution in [0.25, 0.3) is 0 Å². The van der Waals surface area contributed by atoms with Gasteiger partial charge in [-0.1, -0.05) is 23.8 Å². The summed E-state index contributed by atoms with van der Waals surface area (Å²) in [6.45, 7) is 6.26. The molecule has 1 N–H and O–H groups in total. The molecular formula is C19H22N4O2. The van der Waals surface area contributed by atoms with E-state index in [0.717, 1.165) is 16.9 Å². The molecule has 1 aliphatic rings. The number of aromatic nitrogens is 1. The Bertz CT molecular complexity index is 768.